The topological polar surface area (TPSA) is 90.9 Å². The van der Waals surface area contributed by atoms with Crippen LogP contribution in [0.2, 0.25) is 0 Å². The van der Waals surface area contributed by atoms with Gasteiger partial charge in [-0.3, -0.25) is 14.4 Å². The van der Waals surface area contributed by atoms with E-state index in [1.54, 1.807) is 24.3 Å². The van der Waals surface area contributed by atoms with Gasteiger partial charge < -0.3 is 9.47 Å². The lowest BCUT2D eigenvalue weighted by Crippen LogP contribution is -2.21. The second-order valence-electron chi connectivity index (χ2n) is 5.13. The first kappa shape index (κ1) is 19.6. The molecule has 7 nitrogen and oxygen atoms in total. The summed E-state index contributed by atoms with van der Waals surface area (Å²) in [4.78, 5) is 38.7. The summed E-state index contributed by atoms with van der Waals surface area (Å²) in [7, 11) is 2.70. The number of hydrogen-bond donors (Lipinski definition) is 1. The van der Waals surface area contributed by atoms with Gasteiger partial charge in [0.05, 0.1) is 19.8 Å². The Morgan fingerprint density at radius 2 is 1.54 bits per heavy atom. The zero-order chi connectivity index (χ0) is 17.8. The fourth-order valence-electron chi connectivity index (χ4n) is 2.03. The number of hydroxylamine groups is 1. The maximum Gasteiger partial charge on any atom is 0.337 e. The van der Waals surface area contributed by atoms with Crippen LogP contribution in [0.3, 0.4) is 0 Å². The van der Waals surface area contributed by atoms with Crippen LogP contribution >= 0.6 is 0 Å². The SMILES string of the molecule is CONC(=O)CCCCCCC(=O)Oc1ccc(C(=O)OC)cc1. The predicted octanol–water partition coefficient (Wildman–Crippen LogP) is 2.40. The molecule has 0 saturated carbocycles. The lowest BCUT2D eigenvalue weighted by Gasteiger charge is -2.05. The Labute approximate surface area is 141 Å². The van der Waals surface area contributed by atoms with Gasteiger partial charge in [-0.25, -0.2) is 10.3 Å². The summed E-state index contributed by atoms with van der Waals surface area (Å²) in [5.41, 5.74) is 2.65. The highest BCUT2D eigenvalue weighted by molar-refractivity contribution is 5.89. The van der Waals surface area contributed by atoms with Crippen LogP contribution < -0.4 is 10.2 Å². The molecule has 1 N–H and O–H groups in total. The highest BCUT2D eigenvalue weighted by atomic mass is 16.6. The zero-order valence-electron chi connectivity index (χ0n) is 14.0. The molecule has 0 aliphatic carbocycles. The van der Waals surface area contributed by atoms with E-state index >= 15 is 0 Å². The molecule has 132 valence electrons. The third-order valence-electron chi connectivity index (χ3n) is 3.26. The Kier molecular flexibility index (Phi) is 9.14. The van der Waals surface area contributed by atoms with Gasteiger partial charge in [-0.15, -0.1) is 0 Å². The minimum absolute atomic E-state index is 0.146. The normalized spacial score (nSPS) is 10.1. The van der Waals surface area contributed by atoms with Crippen molar-refractivity contribution in [1.82, 2.24) is 5.48 Å². The van der Waals surface area contributed by atoms with Gasteiger partial charge in [-0.05, 0) is 37.1 Å². The summed E-state index contributed by atoms with van der Waals surface area (Å²) in [6.45, 7) is 0. The van der Waals surface area contributed by atoms with E-state index in [-0.39, 0.29) is 11.9 Å². The molecule has 0 aliphatic heterocycles. The van der Waals surface area contributed by atoms with Crippen molar-refractivity contribution in [3.63, 3.8) is 0 Å². The monoisotopic (exact) mass is 337 g/mol. The maximum absolute atomic E-state index is 11.7. The van der Waals surface area contributed by atoms with Gasteiger partial charge in [0.15, 0.2) is 0 Å². The number of unbranched alkanes of at least 4 members (excludes halogenated alkanes) is 3. The van der Waals surface area contributed by atoms with Crippen LogP contribution in [0.1, 0.15) is 48.9 Å². The summed E-state index contributed by atoms with van der Waals surface area (Å²) in [5, 5.41) is 0. The first-order valence-corrected chi connectivity index (χ1v) is 7.77. The third kappa shape index (κ3) is 7.73. The number of esters is 2. The molecule has 0 radical (unpaired) electrons. The molecule has 0 aliphatic rings. The van der Waals surface area contributed by atoms with E-state index < -0.39 is 5.97 Å². The minimum atomic E-state index is -0.438. The third-order valence-corrected chi connectivity index (χ3v) is 3.26. The molecule has 1 aromatic carbocycles. The lowest BCUT2D eigenvalue weighted by atomic mass is 10.1. The van der Waals surface area contributed by atoms with Crippen molar-refractivity contribution in [1.29, 1.82) is 0 Å². The summed E-state index contributed by atoms with van der Waals surface area (Å²) in [6.07, 6.45) is 3.87. The molecule has 0 aromatic heterocycles. The molecule has 1 rings (SSSR count). The van der Waals surface area contributed by atoms with Crippen molar-refractivity contribution in [2.45, 2.75) is 38.5 Å². The fraction of sp³-hybridized carbons (Fsp3) is 0.471. The van der Waals surface area contributed by atoms with Crippen molar-refractivity contribution < 1.29 is 28.7 Å². The highest BCUT2D eigenvalue weighted by Crippen LogP contribution is 2.14. The van der Waals surface area contributed by atoms with E-state index in [4.69, 9.17) is 4.74 Å². The molecule has 1 amide bonds. The fourth-order valence-corrected chi connectivity index (χ4v) is 2.03. The number of methoxy groups -OCH3 is 1. The van der Waals surface area contributed by atoms with Crippen molar-refractivity contribution in [3.8, 4) is 5.75 Å². The summed E-state index contributed by atoms with van der Waals surface area (Å²) in [6, 6.07) is 6.19. The largest absolute Gasteiger partial charge is 0.465 e. The number of amides is 1. The molecule has 0 atom stereocenters. The minimum Gasteiger partial charge on any atom is -0.465 e. The van der Waals surface area contributed by atoms with E-state index in [1.165, 1.54) is 14.2 Å². The van der Waals surface area contributed by atoms with Crippen LogP contribution in [-0.4, -0.2) is 32.1 Å². The average Bonchev–Trinajstić information content (AvgIpc) is 2.58. The van der Waals surface area contributed by atoms with Crippen LogP contribution in [-0.2, 0) is 19.2 Å². The van der Waals surface area contributed by atoms with Crippen molar-refractivity contribution in [2.75, 3.05) is 14.2 Å². The lowest BCUT2D eigenvalue weighted by molar-refractivity contribution is -0.134. The van der Waals surface area contributed by atoms with Crippen LogP contribution in [0, 0.1) is 0 Å². The Morgan fingerprint density at radius 1 is 0.917 bits per heavy atom. The van der Waals surface area contributed by atoms with Crippen molar-refractivity contribution >= 4 is 17.8 Å². The van der Waals surface area contributed by atoms with E-state index in [0.29, 0.717) is 30.6 Å². The van der Waals surface area contributed by atoms with Gasteiger partial charge in [0.25, 0.3) is 0 Å². The van der Waals surface area contributed by atoms with E-state index in [2.05, 4.69) is 15.1 Å². The van der Waals surface area contributed by atoms with E-state index in [9.17, 15) is 14.4 Å². The zero-order valence-corrected chi connectivity index (χ0v) is 14.0. The standard InChI is InChI=1S/C17H23NO6/c1-22-17(21)13-9-11-14(12-10-13)24-16(20)8-6-4-3-5-7-15(19)18-23-2/h9-12H,3-8H2,1-2H3,(H,18,19). The second-order valence-corrected chi connectivity index (χ2v) is 5.13. The number of carbonyl (C=O) groups excluding carboxylic acids is 3. The maximum atomic E-state index is 11.7. The molecule has 0 fully saturated rings. The Morgan fingerprint density at radius 3 is 2.12 bits per heavy atom. The molecule has 0 unspecified atom stereocenters. The molecule has 1 aromatic rings. The molecule has 0 heterocycles. The van der Waals surface area contributed by atoms with Gasteiger partial charge >= 0.3 is 11.9 Å². The molecule has 24 heavy (non-hydrogen) atoms. The van der Waals surface area contributed by atoms with Crippen LogP contribution in [0.4, 0.5) is 0 Å². The number of carbonyl (C=O) groups is 3. The second kappa shape index (κ2) is 11.2. The number of rotatable bonds is 10. The number of hydrogen-bond acceptors (Lipinski definition) is 6. The van der Waals surface area contributed by atoms with Crippen LogP contribution in [0.25, 0.3) is 0 Å². The van der Waals surface area contributed by atoms with E-state index in [0.717, 1.165) is 19.3 Å². The first-order valence-electron chi connectivity index (χ1n) is 7.77. The summed E-state index contributed by atoms with van der Waals surface area (Å²) in [5.74, 6) is -0.513. The molecule has 0 spiro atoms. The van der Waals surface area contributed by atoms with Crippen LogP contribution in [0.15, 0.2) is 24.3 Å². The molecule has 7 heteroatoms. The predicted molar refractivity (Wildman–Crippen MR) is 86.3 cm³/mol. The molecule has 0 bridgehead atoms. The molecular weight excluding hydrogens is 314 g/mol. The van der Waals surface area contributed by atoms with Gasteiger partial charge in [0.1, 0.15) is 5.75 Å². The first-order chi connectivity index (χ1) is 11.6. The summed E-state index contributed by atoms with van der Waals surface area (Å²) >= 11 is 0. The molecular formula is C17H23NO6. The van der Waals surface area contributed by atoms with Gasteiger partial charge in [-0.1, -0.05) is 12.8 Å². The number of benzene rings is 1. The number of ether oxygens (including phenoxy) is 2. The van der Waals surface area contributed by atoms with Gasteiger partial charge in [-0.2, -0.15) is 0 Å². The van der Waals surface area contributed by atoms with Crippen molar-refractivity contribution in [3.05, 3.63) is 29.8 Å². The number of nitrogens with one attached hydrogen (secondary N) is 1. The summed E-state index contributed by atoms with van der Waals surface area (Å²) < 4.78 is 9.78. The van der Waals surface area contributed by atoms with Gasteiger partial charge in [0.2, 0.25) is 5.91 Å². The highest BCUT2D eigenvalue weighted by Gasteiger charge is 2.08. The molecule has 0 saturated heterocycles. The Balaban J connectivity index is 2.18. The van der Waals surface area contributed by atoms with E-state index in [1.807, 2.05) is 0 Å². The van der Waals surface area contributed by atoms with Crippen LogP contribution in [0.5, 0.6) is 5.75 Å². The Bertz CT molecular complexity index is 541. The van der Waals surface area contributed by atoms with Crippen molar-refractivity contribution in [2.24, 2.45) is 0 Å². The Hall–Kier alpha value is -2.41. The average molecular weight is 337 g/mol. The smallest absolute Gasteiger partial charge is 0.337 e. The van der Waals surface area contributed by atoms with Gasteiger partial charge in [0, 0.05) is 12.8 Å². The quantitative estimate of drug-likeness (QED) is 0.305.